The van der Waals surface area contributed by atoms with Crippen LogP contribution < -0.4 is 10.4 Å². The Morgan fingerprint density at radius 1 is 0.188 bits per heavy atom. The van der Waals surface area contributed by atoms with Crippen LogP contribution in [0.4, 0.5) is 0 Å². The second-order valence-electron chi connectivity index (χ2n) is 30.4. The van der Waals surface area contributed by atoms with Crippen LogP contribution >= 0.6 is 0 Å². The van der Waals surface area contributed by atoms with E-state index in [-0.39, 0.29) is 10.8 Å². The molecular formula is C78H26Si2. The molecule has 29 aromatic rings. The molecule has 5 aliphatic rings. The van der Waals surface area contributed by atoms with Crippen LogP contribution in [0.1, 0.15) is 33.4 Å². The lowest BCUT2D eigenvalue weighted by Crippen LogP contribution is -2.53. The van der Waals surface area contributed by atoms with Crippen molar-refractivity contribution in [1.29, 1.82) is 0 Å². The minimum Gasteiger partial charge on any atom is -0.0654 e. The van der Waals surface area contributed by atoms with Crippen molar-refractivity contribution in [1.82, 2.24) is 0 Å². The number of benzene rings is 19. The molecule has 0 aliphatic heterocycles. The highest BCUT2D eigenvalue weighted by atomic mass is 28.3. The van der Waals surface area contributed by atoms with Gasteiger partial charge in [0.05, 0.1) is 16.1 Å². The van der Waals surface area contributed by atoms with E-state index >= 15 is 0 Å². The van der Waals surface area contributed by atoms with Crippen LogP contribution in [-0.4, -0.2) is 16.1 Å². The molecule has 0 saturated carbocycles. The van der Waals surface area contributed by atoms with Gasteiger partial charge in [0.1, 0.15) is 0 Å². The van der Waals surface area contributed by atoms with Gasteiger partial charge < -0.3 is 0 Å². The topological polar surface area (TPSA) is 0 Å². The van der Waals surface area contributed by atoms with Crippen LogP contribution in [0.15, 0.2) is 60.7 Å². The van der Waals surface area contributed by atoms with E-state index in [9.17, 15) is 0 Å². The van der Waals surface area contributed by atoms with Crippen LogP contribution in [0.25, 0.3) is 280 Å². The molecule has 0 spiro atoms. The Labute approximate surface area is 446 Å². The SMILES string of the molecule is C[Si](C)(CC12c3c4c5c6c7c8c9c%10c(c1c1c%11c2c2c%12c3c5c3c5c%12c%12c2c2c%11c%11c%13c1c%10c1c%10c9c9c7c7c6c3c3c5c5c%12c6c2c%11c2c(c%131)c1c%10c9c9c7c3c3c9c1c2c6c53)C48C[Si](C)(C)c1ccccc1)c1ccccc1. The molecule has 80 heavy (non-hydrogen) atoms. The van der Waals surface area contributed by atoms with Crippen LogP contribution in [0.5, 0.6) is 0 Å². The fraction of sp³-hybridized carbons (Fsp3) is 0.103. The van der Waals surface area contributed by atoms with Crippen LogP contribution in [0.3, 0.4) is 0 Å². The average Bonchev–Trinajstić information content (AvgIpc) is 1.51. The third kappa shape index (κ3) is 1.99. The Balaban J connectivity index is 1.07. The molecule has 0 N–H and O–H groups in total. The van der Waals surface area contributed by atoms with Crippen LogP contribution in [0, 0.1) is 0 Å². The van der Waals surface area contributed by atoms with Gasteiger partial charge in [-0.3, -0.25) is 0 Å². The summed E-state index contributed by atoms with van der Waals surface area (Å²) in [5.74, 6) is 0. The van der Waals surface area contributed by atoms with Crippen molar-refractivity contribution < 1.29 is 0 Å². The molecule has 0 fully saturated rings. The third-order valence-electron chi connectivity index (χ3n) is 28.1. The zero-order chi connectivity index (χ0) is 49.1. The molecule has 2 unspecified atom stereocenters. The van der Waals surface area contributed by atoms with Gasteiger partial charge in [0, 0.05) is 10.8 Å². The molecular weight excluding hydrogens is 993 g/mol. The van der Waals surface area contributed by atoms with Crippen molar-refractivity contribution in [3.63, 3.8) is 0 Å². The van der Waals surface area contributed by atoms with Crippen molar-refractivity contribution in [2.45, 2.75) is 49.1 Å². The summed E-state index contributed by atoms with van der Waals surface area (Å²) in [4.78, 5) is 0. The molecule has 2 atom stereocenters. The van der Waals surface area contributed by atoms with Crippen molar-refractivity contribution >= 4 is 307 Å². The summed E-state index contributed by atoms with van der Waals surface area (Å²) in [5.41, 5.74) is 10.4. The van der Waals surface area contributed by atoms with E-state index < -0.39 is 16.1 Å². The highest BCUT2D eigenvalue weighted by Crippen LogP contribution is 2.85. The highest BCUT2D eigenvalue weighted by Gasteiger charge is 2.68. The maximum absolute atomic E-state index is 2.81. The average molecular weight is 1020 g/mol. The van der Waals surface area contributed by atoms with Gasteiger partial charge in [-0.1, -0.05) is 97.2 Å². The van der Waals surface area contributed by atoms with Crippen molar-refractivity contribution in [3.8, 4) is 0 Å². The lowest BCUT2D eigenvalue weighted by molar-refractivity contribution is 0.598. The second-order valence-corrected chi connectivity index (χ2v) is 39.8. The molecule has 346 valence electrons. The predicted octanol–water partition coefficient (Wildman–Crippen LogP) is 20.2. The molecule has 2 heteroatoms. The summed E-state index contributed by atoms with van der Waals surface area (Å²) in [6, 6.07) is 26.7. The maximum atomic E-state index is 2.81. The first-order chi connectivity index (χ1) is 39.4. The zero-order valence-corrected chi connectivity index (χ0v) is 45.2. The summed E-state index contributed by atoms with van der Waals surface area (Å²) >= 11 is 0. The Morgan fingerprint density at radius 3 is 0.525 bits per heavy atom. The minimum atomic E-state index is -2.29. The van der Waals surface area contributed by atoms with E-state index in [0.29, 0.717) is 0 Å². The molecule has 0 saturated heterocycles. The molecule has 34 rings (SSSR count). The van der Waals surface area contributed by atoms with Gasteiger partial charge in [-0.25, -0.2) is 0 Å². The van der Waals surface area contributed by atoms with E-state index in [1.807, 2.05) is 22.3 Å². The van der Waals surface area contributed by atoms with Gasteiger partial charge in [-0.15, -0.1) is 0 Å². The fourth-order valence-corrected chi connectivity index (χ4v) is 33.7. The van der Waals surface area contributed by atoms with Gasteiger partial charge in [0.15, 0.2) is 0 Å². The summed E-state index contributed by atoms with van der Waals surface area (Å²) in [5, 5.41) is 91.2. The van der Waals surface area contributed by atoms with Crippen molar-refractivity contribution in [2.24, 2.45) is 0 Å². The largest absolute Gasteiger partial charge is 0.0821 e. The van der Waals surface area contributed by atoms with Gasteiger partial charge >= 0.3 is 0 Å². The van der Waals surface area contributed by atoms with Crippen LogP contribution in [-0.2, 0) is 10.8 Å². The molecule has 0 bridgehead atoms. The molecule has 0 amide bonds. The van der Waals surface area contributed by atoms with Gasteiger partial charge in [0.25, 0.3) is 0 Å². The molecule has 0 heterocycles. The predicted molar refractivity (Wildman–Crippen MR) is 349 cm³/mol. The van der Waals surface area contributed by atoms with Crippen molar-refractivity contribution in [3.05, 3.63) is 94.0 Å². The minimum absolute atomic E-state index is 0.282. The van der Waals surface area contributed by atoms with E-state index in [4.69, 9.17) is 0 Å². The summed E-state index contributed by atoms with van der Waals surface area (Å²) in [6.45, 7) is 11.2. The number of hydrogen-bond acceptors (Lipinski definition) is 0. The van der Waals surface area contributed by atoms with Gasteiger partial charge in [-0.2, -0.15) is 0 Å². The smallest absolute Gasteiger partial charge is 0.0654 e. The Kier molecular flexibility index (Phi) is 3.25. The van der Waals surface area contributed by atoms with Crippen molar-refractivity contribution in [2.75, 3.05) is 0 Å². The Morgan fingerprint density at radius 2 is 0.325 bits per heavy atom. The monoisotopic (exact) mass is 1020 g/mol. The van der Waals surface area contributed by atoms with E-state index in [2.05, 4.69) is 86.9 Å². The van der Waals surface area contributed by atoms with E-state index in [1.54, 1.807) is 302 Å². The lowest BCUT2D eigenvalue weighted by Gasteiger charge is -2.52. The molecule has 5 aliphatic carbocycles. The van der Waals surface area contributed by atoms with Gasteiger partial charge in [0.2, 0.25) is 0 Å². The summed E-state index contributed by atoms with van der Waals surface area (Å²) in [6.07, 6.45) is 0. The van der Waals surface area contributed by atoms with E-state index in [0.717, 1.165) is 0 Å². The third-order valence-corrected chi connectivity index (χ3v) is 34.7. The normalized spacial score (nSPS) is 20.9. The molecule has 0 aromatic heterocycles. The first-order valence-corrected chi connectivity index (χ1v) is 36.6. The number of rotatable bonds is 6. The fourth-order valence-electron chi connectivity index (χ4n) is 27.4. The standard InChI is InChI=1S/C78H26Si2/c1-79(2,17-11-7-5-8-12-17)15-77-71-63-54-47-34-27-21-22-24-20-19-23(21)32(34)38-36-25(19)29-26(20)37-39-33(24)35-28(22)31-30(27)41-49-42(31)51-48(35)55-53(39)57-44(37)46-40(29)45-43(36)56(52(38)54)67(71)69-58(45)59(46)70-68(57)72-64(55)61(51)66-62(49)65(60(63)50(41)47)73(77)74(66)78(72,76(70)75(69)77)16-80(3,4)18-13-9-6-10-14-18/h5-14H,15-16H2,1-4H3. The summed E-state index contributed by atoms with van der Waals surface area (Å²) < 4.78 is 0. The van der Waals surface area contributed by atoms with Crippen LogP contribution in [0.2, 0.25) is 38.3 Å². The zero-order valence-electron chi connectivity index (χ0n) is 43.2. The summed E-state index contributed by atoms with van der Waals surface area (Å²) in [7, 11) is -4.57. The van der Waals surface area contributed by atoms with Gasteiger partial charge in [-0.05, 0) is 326 Å². The molecule has 0 radical (unpaired) electrons. The highest BCUT2D eigenvalue weighted by molar-refractivity contribution is 6.91. The molecule has 29 aromatic carbocycles. The number of hydrogen-bond donors (Lipinski definition) is 0. The Hall–Kier alpha value is -8.67. The first kappa shape index (κ1) is 33.0. The first-order valence-electron chi connectivity index (χ1n) is 30.2. The second kappa shape index (κ2) is 7.87. The Bertz CT molecular complexity index is 7510. The molecule has 0 nitrogen and oxygen atoms in total. The van der Waals surface area contributed by atoms with E-state index in [1.165, 1.54) is 12.1 Å². The lowest BCUT2D eigenvalue weighted by atomic mass is 9.55. The maximum Gasteiger partial charge on any atom is 0.0821 e. The quantitative estimate of drug-likeness (QED) is 0.115.